The van der Waals surface area contributed by atoms with E-state index in [0.29, 0.717) is 38.8 Å². The number of benzene rings is 1. The lowest BCUT2D eigenvalue weighted by atomic mass is 10.1. The van der Waals surface area contributed by atoms with E-state index in [1.807, 2.05) is 26.0 Å². The summed E-state index contributed by atoms with van der Waals surface area (Å²) in [5.74, 6) is 0.301. The van der Waals surface area contributed by atoms with Crippen LogP contribution in [0.25, 0.3) is 22.5 Å². The molecule has 1 N–H and O–H groups in total. The lowest BCUT2D eigenvalue weighted by Crippen LogP contribution is -2.13. The Labute approximate surface area is 160 Å². The number of hydrogen-bond acceptors (Lipinski definition) is 4. The summed E-state index contributed by atoms with van der Waals surface area (Å²) >= 11 is 6.27. The van der Waals surface area contributed by atoms with Gasteiger partial charge in [-0.25, -0.2) is 4.98 Å². The summed E-state index contributed by atoms with van der Waals surface area (Å²) in [5.41, 5.74) is 3.95. The molecule has 27 heavy (non-hydrogen) atoms. The Morgan fingerprint density at radius 3 is 2.74 bits per heavy atom. The Balaban J connectivity index is 1.85. The first-order valence-corrected chi connectivity index (χ1v) is 8.77. The monoisotopic (exact) mass is 380 g/mol. The molecular weight excluding hydrogens is 364 g/mol. The van der Waals surface area contributed by atoms with Crippen LogP contribution in [0.1, 0.15) is 21.6 Å². The third-order valence-corrected chi connectivity index (χ3v) is 4.67. The molecular formula is C20H17ClN4O2. The number of furan rings is 1. The van der Waals surface area contributed by atoms with Gasteiger partial charge in [0.25, 0.3) is 5.91 Å². The third-order valence-electron chi connectivity index (χ3n) is 4.36. The number of aromatic nitrogens is 3. The van der Waals surface area contributed by atoms with Crippen LogP contribution in [0.4, 0.5) is 5.69 Å². The first-order chi connectivity index (χ1) is 12.9. The highest BCUT2D eigenvalue weighted by Gasteiger charge is 2.20. The topological polar surface area (TPSA) is 73.0 Å². The number of aryl methyl sites for hydroxylation is 3. The molecule has 0 atom stereocenters. The number of amides is 1. The summed E-state index contributed by atoms with van der Waals surface area (Å²) < 4.78 is 7.11. The van der Waals surface area contributed by atoms with Crippen LogP contribution in [0.5, 0.6) is 0 Å². The highest BCUT2D eigenvalue weighted by Crippen LogP contribution is 2.29. The fraction of sp³-hybridized carbons (Fsp3) is 0.150. The van der Waals surface area contributed by atoms with Crippen molar-refractivity contribution in [3.05, 3.63) is 64.5 Å². The van der Waals surface area contributed by atoms with Crippen LogP contribution in [-0.2, 0) is 7.05 Å². The summed E-state index contributed by atoms with van der Waals surface area (Å²) in [5, 5.41) is 8.49. The largest absolute Gasteiger partial charge is 0.463 e. The van der Waals surface area contributed by atoms with E-state index in [2.05, 4.69) is 15.4 Å². The van der Waals surface area contributed by atoms with Crippen LogP contribution < -0.4 is 5.32 Å². The van der Waals surface area contributed by atoms with E-state index in [1.165, 1.54) is 0 Å². The number of carbonyl (C=O) groups excluding carboxylic acids is 1. The van der Waals surface area contributed by atoms with Gasteiger partial charge in [-0.3, -0.25) is 9.48 Å². The zero-order valence-electron chi connectivity index (χ0n) is 15.1. The standard InChI is InChI=1S/C20H17ClN4O2/c1-11-6-7-15(14(21)9-11)23-20(26)13-10-16(17-5-4-8-27-17)22-19-18(13)12(2)24-25(19)3/h4-10H,1-3H3,(H,23,26). The minimum absolute atomic E-state index is 0.281. The number of halogens is 1. The molecule has 0 spiro atoms. The predicted molar refractivity (Wildman–Crippen MR) is 105 cm³/mol. The summed E-state index contributed by atoms with van der Waals surface area (Å²) in [6, 6.07) is 10.8. The number of carbonyl (C=O) groups is 1. The molecule has 0 saturated heterocycles. The van der Waals surface area contributed by atoms with Crippen molar-refractivity contribution in [3.63, 3.8) is 0 Å². The van der Waals surface area contributed by atoms with Crippen molar-refractivity contribution in [2.45, 2.75) is 13.8 Å². The molecule has 0 bridgehead atoms. The average Bonchev–Trinajstić information content (AvgIpc) is 3.26. The van der Waals surface area contributed by atoms with Gasteiger partial charge in [-0.15, -0.1) is 0 Å². The van der Waals surface area contributed by atoms with E-state index in [1.54, 1.807) is 42.3 Å². The number of rotatable bonds is 3. The molecule has 4 rings (SSSR count). The van der Waals surface area contributed by atoms with Crippen LogP contribution in [0.2, 0.25) is 5.02 Å². The van der Waals surface area contributed by atoms with E-state index in [9.17, 15) is 4.79 Å². The molecule has 1 amide bonds. The second-order valence-electron chi connectivity index (χ2n) is 6.38. The quantitative estimate of drug-likeness (QED) is 0.556. The maximum atomic E-state index is 13.1. The molecule has 4 aromatic rings. The summed E-state index contributed by atoms with van der Waals surface area (Å²) in [6.45, 7) is 3.80. The molecule has 7 heteroatoms. The van der Waals surface area contributed by atoms with Crippen LogP contribution in [-0.4, -0.2) is 20.7 Å². The molecule has 0 aliphatic heterocycles. The molecule has 0 aliphatic rings. The molecule has 1 aromatic carbocycles. The van der Waals surface area contributed by atoms with Crippen molar-refractivity contribution in [3.8, 4) is 11.5 Å². The molecule has 0 radical (unpaired) electrons. The smallest absolute Gasteiger partial charge is 0.256 e. The number of anilines is 1. The van der Waals surface area contributed by atoms with Crippen LogP contribution >= 0.6 is 11.6 Å². The van der Waals surface area contributed by atoms with Crippen LogP contribution in [0.3, 0.4) is 0 Å². The fourth-order valence-electron chi connectivity index (χ4n) is 3.09. The maximum absolute atomic E-state index is 13.1. The van der Waals surface area contributed by atoms with E-state index in [4.69, 9.17) is 16.0 Å². The Kier molecular flexibility index (Phi) is 4.20. The second-order valence-corrected chi connectivity index (χ2v) is 6.78. The maximum Gasteiger partial charge on any atom is 0.256 e. The van der Waals surface area contributed by atoms with Crippen LogP contribution in [0, 0.1) is 13.8 Å². The fourth-order valence-corrected chi connectivity index (χ4v) is 3.37. The Morgan fingerprint density at radius 1 is 1.22 bits per heavy atom. The number of nitrogens with one attached hydrogen (secondary N) is 1. The molecule has 136 valence electrons. The summed E-state index contributed by atoms with van der Waals surface area (Å²) in [4.78, 5) is 17.7. The minimum Gasteiger partial charge on any atom is -0.463 e. The number of fused-ring (bicyclic) bond motifs is 1. The van der Waals surface area contributed by atoms with Gasteiger partial charge in [0.1, 0.15) is 5.69 Å². The molecule has 3 heterocycles. The first kappa shape index (κ1) is 17.3. The van der Waals surface area contributed by atoms with E-state index < -0.39 is 0 Å². The lowest BCUT2D eigenvalue weighted by molar-refractivity contribution is 0.102. The summed E-state index contributed by atoms with van der Waals surface area (Å²) in [7, 11) is 1.80. The Hall–Kier alpha value is -3.12. The molecule has 3 aromatic heterocycles. The Morgan fingerprint density at radius 2 is 2.04 bits per heavy atom. The van der Waals surface area contributed by atoms with Gasteiger partial charge >= 0.3 is 0 Å². The van der Waals surface area contributed by atoms with E-state index >= 15 is 0 Å². The molecule has 0 unspecified atom stereocenters. The van der Waals surface area contributed by atoms with Crippen molar-refractivity contribution in [1.82, 2.24) is 14.8 Å². The van der Waals surface area contributed by atoms with Crippen molar-refractivity contribution >= 4 is 34.2 Å². The van der Waals surface area contributed by atoms with Gasteiger partial charge in [0.05, 0.1) is 33.6 Å². The van der Waals surface area contributed by atoms with Gasteiger partial charge < -0.3 is 9.73 Å². The number of hydrogen-bond donors (Lipinski definition) is 1. The van der Waals surface area contributed by atoms with Crippen molar-refractivity contribution in [2.24, 2.45) is 7.05 Å². The SMILES string of the molecule is Cc1ccc(NC(=O)c2cc(-c3ccco3)nc3c2c(C)nn3C)c(Cl)c1. The Bertz CT molecular complexity index is 1160. The highest BCUT2D eigenvalue weighted by atomic mass is 35.5. The van der Waals surface area contributed by atoms with Gasteiger partial charge in [-0.05, 0) is 49.7 Å². The van der Waals surface area contributed by atoms with Crippen molar-refractivity contribution in [1.29, 1.82) is 0 Å². The van der Waals surface area contributed by atoms with Gasteiger partial charge in [0.15, 0.2) is 11.4 Å². The van der Waals surface area contributed by atoms with E-state index in [0.717, 1.165) is 11.3 Å². The highest BCUT2D eigenvalue weighted by molar-refractivity contribution is 6.34. The number of pyridine rings is 1. The molecule has 6 nitrogen and oxygen atoms in total. The lowest BCUT2D eigenvalue weighted by Gasteiger charge is -2.10. The minimum atomic E-state index is -0.281. The second kappa shape index (κ2) is 6.55. The molecule has 0 saturated carbocycles. The zero-order valence-corrected chi connectivity index (χ0v) is 15.8. The van der Waals surface area contributed by atoms with Crippen molar-refractivity contribution < 1.29 is 9.21 Å². The van der Waals surface area contributed by atoms with Gasteiger partial charge in [0, 0.05) is 7.05 Å². The average molecular weight is 381 g/mol. The zero-order chi connectivity index (χ0) is 19.1. The third kappa shape index (κ3) is 3.08. The van der Waals surface area contributed by atoms with Crippen LogP contribution in [0.15, 0.2) is 47.1 Å². The normalized spacial score (nSPS) is 11.1. The molecule has 0 aliphatic carbocycles. The summed E-state index contributed by atoms with van der Waals surface area (Å²) in [6.07, 6.45) is 1.57. The van der Waals surface area contributed by atoms with E-state index in [-0.39, 0.29) is 5.91 Å². The number of nitrogens with zero attached hydrogens (tertiary/aromatic N) is 3. The predicted octanol–water partition coefficient (Wildman–Crippen LogP) is 4.75. The van der Waals surface area contributed by atoms with Gasteiger partial charge in [-0.2, -0.15) is 5.10 Å². The first-order valence-electron chi connectivity index (χ1n) is 8.40. The van der Waals surface area contributed by atoms with Gasteiger partial charge in [-0.1, -0.05) is 17.7 Å². The molecule has 0 fully saturated rings. The van der Waals surface area contributed by atoms with Crippen molar-refractivity contribution in [2.75, 3.05) is 5.32 Å². The van der Waals surface area contributed by atoms with Gasteiger partial charge in [0.2, 0.25) is 0 Å².